The maximum Gasteiger partial charge on any atom is 0.303 e. The van der Waals surface area contributed by atoms with Gasteiger partial charge in [-0.05, 0) is 45.3 Å². The Morgan fingerprint density at radius 1 is 0.476 bits per heavy atom. The summed E-state index contributed by atoms with van der Waals surface area (Å²) in [5.41, 5.74) is 0. The SMILES string of the molecule is CC(C)CCCCCCCCCCCCCCC(=O)O.CCCCCCCCCCN(C)CCCCCCCCCC. The number of rotatable bonds is 33. The Balaban J connectivity index is 0. The van der Waals surface area contributed by atoms with Gasteiger partial charge in [-0.1, -0.05) is 195 Å². The zero-order chi connectivity index (χ0) is 31.4. The summed E-state index contributed by atoms with van der Waals surface area (Å²) in [6, 6.07) is 0. The summed E-state index contributed by atoms with van der Waals surface area (Å²) in [5, 5.41) is 8.52. The first kappa shape index (κ1) is 43.6. The average Bonchev–Trinajstić information content (AvgIpc) is 2.96. The first-order valence-corrected chi connectivity index (χ1v) is 19.3. The van der Waals surface area contributed by atoms with Crippen LogP contribution >= 0.6 is 0 Å². The molecule has 3 heteroatoms. The summed E-state index contributed by atoms with van der Waals surface area (Å²) < 4.78 is 0. The topological polar surface area (TPSA) is 40.5 Å². The molecule has 1 N–H and O–H groups in total. The van der Waals surface area contributed by atoms with Crippen LogP contribution in [0.1, 0.15) is 220 Å². The molecular weight excluding hydrogens is 514 g/mol. The molecule has 0 amide bonds. The zero-order valence-corrected chi connectivity index (χ0v) is 30.0. The van der Waals surface area contributed by atoms with Crippen molar-refractivity contribution in [2.75, 3.05) is 20.1 Å². The number of hydrogen-bond donors (Lipinski definition) is 1. The lowest BCUT2D eigenvalue weighted by atomic mass is 10.0. The number of unbranched alkanes of at least 4 members (excludes halogenated alkanes) is 25. The molecule has 0 rings (SSSR count). The van der Waals surface area contributed by atoms with E-state index in [0.717, 1.165) is 18.8 Å². The van der Waals surface area contributed by atoms with E-state index in [2.05, 4.69) is 39.6 Å². The zero-order valence-electron chi connectivity index (χ0n) is 30.0. The molecule has 0 heterocycles. The lowest BCUT2D eigenvalue weighted by molar-refractivity contribution is -0.137. The van der Waals surface area contributed by atoms with E-state index in [9.17, 15) is 4.79 Å². The van der Waals surface area contributed by atoms with Gasteiger partial charge in [0, 0.05) is 6.42 Å². The fraction of sp³-hybridized carbons (Fsp3) is 0.974. The van der Waals surface area contributed by atoms with Crippen LogP contribution in [-0.4, -0.2) is 36.1 Å². The lowest BCUT2D eigenvalue weighted by Crippen LogP contribution is -2.20. The molecule has 0 bridgehead atoms. The minimum Gasteiger partial charge on any atom is -0.481 e. The van der Waals surface area contributed by atoms with E-state index in [1.807, 2.05) is 0 Å². The van der Waals surface area contributed by atoms with Crippen LogP contribution in [0.4, 0.5) is 0 Å². The number of hydrogen-bond acceptors (Lipinski definition) is 2. The average molecular weight is 596 g/mol. The molecule has 0 aromatic heterocycles. The maximum atomic E-state index is 10.3. The number of aliphatic carboxylic acids is 1. The van der Waals surface area contributed by atoms with Crippen LogP contribution in [0.15, 0.2) is 0 Å². The second-order valence-corrected chi connectivity index (χ2v) is 13.8. The Morgan fingerprint density at radius 3 is 1.07 bits per heavy atom. The molecule has 0 aliphatic carbocycles. The van der Waals surface area contributed by atoms with Crippen molar-refractivity contribution in [2.45, 2.75) is 220 Å². The van der Waals surface area contributed by atoms with Crippen LogP contribution in [0.2, 0.25) is 0 Å². The van der Waals surface area contributed by atoms with Gasteiger partial charge >= 0.3 is 5.97 Å². The first-order chi connectivity index (χ1) is 20.4. The molecule has 0 saturated carbocycles. The molecule has 0 radical (unpaired) electrons. The molecule has 42 heavy (non-hydrogen) atoms. The predicted molar refractivity (Wildman–Crippen MR) is 190 cm³/mol. The Morgan fingerprint density at radius 2 is 0.762 bits per heavy atom. The minimum absolute atomic E-state index is 0.344. The van der Waals surface area contributed by atoms with E-state index in [4.69, 9.17) is 5.11 Å². The van der Waals surface area contributed by atoms with Crippen molar-refractivity contribution >= 4 is 5.97 Å². The highest BCUT2D eigenvalue weighted by molar-refractivity contribution is 5.66. The highest BCUT2D eigenvalue weighted by Gasteiger charge is 2.00. The molecular formula is C39H81NO2. The quantitative estimate of drug-likeness (QED) is 0.0767. The highest BCUT2D eigenvalue weighted by atomic mass is 16.4. The highest BCUT2D eigenvalue weighted by Crippen LogP contribution is 2.15. The maximum absolute atomic E-state index is 10.3. The van der Waals surface area contributed by atoms with Gasteiger partial charge in [-0.2, -0.15) is 0 Å². The summed E-state index contributed by atoms with van der Waals surface area (Å²) >= 11 is 0. The van der Waals surface area contributed by atoms with E-state index in [1.54, 1.807) is 0 Å². The fourth-order valence-electron chi connectivity index (χ4n) is 5.74. The van der Waals surface area contributed by atoms with Gasteiger partial charge in [-0.25, -0.2) is 0 Å². The number of carboxylic acids is 1. The van der Waals surface area contributed by atoms with E-state index in [1.165, 1.54) is 186 Å². The van der Waals surface area contributed by atoms with Gasteiger partial charge in [-0.15, -0.1) is 0 Å². The first-order valence-electron chi connectivity index (χ1n) is 19.3. The standard InChI is InChI=1S/C21H45N.C18H36O2/c1-4-6-8-10-12-14-16-18-20-22(3)21-19-17-15-13-11-9-7-5-2;1-17(2)15-13-11-9-7-5-3-4-6-8-10-12-14-16-18(19)20/h4-21H2,1-3H3;17H,3-16H2,1-2H3,(H,19,20). The summed E-state index contributed by atoms with van der Waals surface area (Å²) in [7, 11) is 2.31. The second kappa shape index (κ2) is 38.5. The van der Waals surface area contributed by atoms with E-state index in [-0.39, 0.29) is 0 Å². The van der Waals surface area contributed by atoms with Crippen molar-refractivity contribution in [3.05, 3.63) is 0 Å². The molecule has 0 aliphatic heterocycles. The van der Waals surface area contributed by atoms with E-state index >= 15 is 0 Å². The number of carboxylic acid groups (broad SMARTS) is 1. The van der Waals surface area contributed by atoms with Crippen molar-refractivity contribution in [2.24, 2.45) is 5.92 Å². The summed E-state index contributed by atoms with van der Waals surface area (Å²) in [4.78, 5) is 12.9. The van der Waals surface area contributed by atoms with E-state index in [0.29, 0.717) is 6.42 Å². The molecule has 0 spiro atoms. The number of carbonyl (C=O) groups is 1. The van der Waals surface area contributed by atoms with Crippen LogP contribution in [0.3, 0.4) is 0 Å². The van der Waals surface area contributed by atoms with Gasteiger partial charge in [0.15, 0.2) is 0 Å². The molecule has 0 unspecified atom stereocenters. The summed E-state index contributed by atoms with van der Waals surface area (Å²) in [6.07, 6.45) is 40.3. The Hall–Kier alpha value is -0.570. The van der Waals surface area contributed by atoms with Crippen molar-refractivity contribution in [3.63, 3.8) is 0 Å². The molecule has 0 saturated heterocycles. The monoisotopic (exact) mass is 596 g/mol. The van der Waals surface area contributed by atoms with E-state index < -0.39 is 5.97 Å². The van der Waals surface area contributed by atoms with Gasteiger partial charge in [0.25, 0.3) is 0 Å². The Bertz CT molecular complexity index is 473. The minimum atomic E-state index is -0.654. The molecule has 0 aromatic carbocycles. The summed E-state index contributed by atoms with van der Waals surface area (Å²) in [5.74, 6) is 0.212. The van der Waals surface area contributed by atoms with Crippen LogP contribution in [0, 0.1) is 5.92 Å². The molecule has 0 fully saturated rings. The van der Waals surface area contributed by atoms with Gasteiger partial charge in [-0.3, -0.25) is 4.79 Å². The third-order valence-electron chi connectivity index (χ3n) is 8.71. The smallest absolute Gasteiger partial charge is 0.303 e. The normalized spacial score (nSPS) is 11.3. The lowest BCUT2D eigenvalue weighted by Gasteiger charge is -2.16. The number of nitrogens with zero attached hydrogens (tertiary/aromatic N) is 1. The van der Waals surface area contributed by atoms with Gasteiger partial charge in [0.1, 0.15) is 0 Å². The van der Waals surface area contributed by atoms with Crippen molar-refractivity contribution < 1.29 is 9.90 Å². The Kier molecular flexibility index (Phi) is 39.9. The van der Waals surface area contributed by atoms with Crippen molar-refractivity contribution in [1.29, 1.82) is 0 Å². The molecule has 0 aliphatic rings. The predicted octanol–water partition coefficient (Wildman–Crippen LogP) is 13.4. The van der Waals surface area contributed by atoms with Crippen LogP contribution in [0.25, 0.3) is 0 Å². The third-order valence-corrected chi connectivity index (χ3v) is 8.71. The van der Waals surface area contributed by atoms with Crippen LogP contribution < -0.4 is 0 Å². The van der Waals surface area contributed by atoms with Crippen molar-refractivity contribution in [1.82, 2.24) is 4.90 Å². The van der Waals surface area contributed by atoms with Gasteiger partial charge in [0.05, 0.1) is 0 Å². The van der Waals surface area contributed by atoms with Gasteiger partial charge < -0.3 is 10.0 Å². The summed E-state index contributed by atoms with van der Waals surface area (Å²) in [6.45, 7) is 11.8. The van der Waals surface area contributed by atoms with Crippen LogP contribution in [0.5, 0.6) is 0 Å². The van der Waals surface area contributed by atoms with Gasteiger partial charge in [0.2, 0.25) is 0 Å². The molecule has 0 atom stereocenters. The Labute approximate surface area is 266 Å². The van der Waals surface area contributed by atoms with Crippen molar-refractivity contribution in [3.8, 4) is 0 Å². The van der Waals surface area contributed by atoms with Crippen LogP contribution in [-0.2, 0) is 4.79 Å². The third kappa shape index (κ3) is 43.9. The largest absolute Gasteiger partial charge is 0.481 e. The molecule has 3 nitrogen and oxygen atoms in total. The molecule has 0 aromatic rings. The second-order valence-electron chi connectivity index (χ2n) is 13.8. The molecule has 254 valence electrons. The fourth-order valence-corrected chi connectivity index (χ4v) is 5.74.